The molecule has 1 unspecified atom stereocenters. The molecule has 210 valence electrons. The van der Waals surface area contributed by atoms with Crippen molar-refractivity contribution in [1.29, 1.82) is 0 Å². The highest BCUT2D eigenvalue weighted by atomic mass is 32.1. The highest BCUT2D eigenvalue weighted by molar-refractivity contribution is 7.22. The molecule has 0 bridgehead atoms. The number of nitrogens with zero attached hydrogens (tertiary/aromatic N) is 6. The maximum atomic E-state index is 13.7. The Kier molecular flexibility index (Phi) is 7.60. The summed E-state index contributed by atoms with van der Waals surface area (Å²) in [6, 6.07) is 9.63. The van der Waals surface area contributed by atoms with Crippen molar-refractivity contribution < 1.29 is 22.7 Å². The molecular weight excluding hydrogens is 543 g/mol. The number of likely N-dealkylation sites (N-methyl/N-ethyl adjacent to an activating group) is 1. The molecule has 0 saturated carbocycles. The Bertz CT molecular complexity index is 1540. The first-order valence-electron chi connectivity index (χ1n) is 12.7. The predicted octanol–water partition coefficient (Wildman–Crippen LogP) is 5.84. The zero-order valence-corrected chi connectivity index (χ0v) is 23.2. The van der Waals surface area contributed by atoms with Crippen molar-refractivity contribution in [2.24, 2.45) is 0 Å². The minimum atomic E-state index is -4.59. The number of anilines is 2. The van der Waals surface area contributed by atoms with E-state index in [1.54, 1.807) is 25.2 Å². The van der Waals surface area contributed by atoms with Crippen LogP contribution in [-0.4, -0.2) is 63.0 Å². The maximum absolute atomic E-state index is 13.7. The van der Waals surface area contributed by atoms with E-state index in [1.807, 2.05) is 11.0 Å². The molecule has 4 aromatic rings. The molecule has 3 aromatic heterocycles. The van der Waals surface area contributed by atoms with E-state index < -0.39 is 11.9 Å². The summed E-state index contributed by atoms with van der Waals surface area (Å²) in [5.41, 5.74) is 0.387. The van der Waals surface area contributed by atoms with E-state index in [-0.39, 0.29) is 23.6 Å². The molecule has 1 atom stereocenters. The molecule has 0 radical (unpaired) electrons. The van der Waals surface area contributed by atoms with Crippen molar-refractivity contribution in [3.63, 3.8) is 0 Å². The zero-order valence-electron chi connectivity index (χ0n) is 22.4. The topological polar surface area (TPSA) is 96.4 Å². The smallest absolute Gasteiger partial charge is 0.433 e. The Hall–Kier alpha value is -3.84. The van der Waals surface area contributed by atoms with Crippen molar-refractivity contribution >= 4 is 38.4 Å². The Labute approximate surface area is 233 Å². The molecule has 13 heteroatoms. The quantitative estimate of drug-likeness (QED) is 0.296. The van der Waals surface area contributed by atoms with Gasteiger partial charge >= 0.3 is 6.18 Å². The number of thiazole rings is 1. The fourth-order valence-electron chi connectivity index (χ4n) is 4.67. The highest BCUT2D eigenvalue weighted by Crippen LogP contribution is 2.38. The van der Waals surface area contributed by atoms with Crippen LogP contribution >= 0.6 is 11.3 Å². The lowest BCUT2D eigenvalue weighted by Gasteiger charge is -2.29. The molecule has 1 aliphatic heterocycles. The number of ether oxygens (including phenoxy) is 1. The second kappa shape index (κ2) is 11.0. The number of hydrogen-bond acceptors (Lipinski definition) is 9. The van der Waals surface area contributed by atoms with Gasteiger partial charge < -0.3 is 15.0 Å². The van der Waals surface area contributed by atoms with Crippen LogP contribution in [-0.2, 0) is 11.0 Å². The number of alkyl halides is 3. The summed E-state index contributed by atoms with van der Waals surface area (Å²) in [5, 5.41) is 3.11. The molecular formula is C27H28F3N7O2S. The molecule has 1 saturated heterocycles. The number of aromatic nitrogens is 4. The number of para-hydroxylation sites is 1. The average molecular weight is 572 g/mol. The molecule has 1 aromatic carbocycles. The number of carbonyl (C=O) groups excluding carboxylic acids is 1. The summed E-state index contributed by atoms with van der Waals surface area (Å²) in [7, 11) is 1.77. The van der Waals surface area contributed by atoms with Crippen LogP contribution in [0.5, 0.6) is 11.6 Å². The number of pyridine rings is 1. The van der Waals surface area contributed by atoms with Crippen LogP contribution in [0.1, 0.15) is 32.9 Å². The lowest BCUT2D eigenvalue weighted by Crippen LogP contribution is -2.37. The number of nitrogens with one attached hydrogen (secondary N) is 1. The number of amides is 1. The SMILES string of the molecule is CC(=O)Nc1nc2c(Oc3cc(-c4ccc(C(F)(F)F)nc4N(C)C4CCN(C(C)C)C4)ncn3)cccc2s1. The third-order valence-corrected chi connectivity index (χ3v) is 7.71. The standard InChI is InChI=1S/C27H28F3N7O2S/c1-15(2)37-11-10-17(13-37)36(4)25-18(8-9-22(34-25)27(28,29)30)19-12-23(32-14-31-19)39-20-6-5-7-21-24(20)35-26(40-21)33-16(3)38/h5-9,12,14-15,17H,10-11,13H2,1-4H3,(H,33,35,38). The maximum Gasteiger partial charge on any atom is 0.433 e. The average Bonchev–Trinajstić information content (AvgIpc) is 3.55. The van der Waals surface area contributed by atoms with Crippen LogP contribution in [0, 0.1) is 0 Å². The Morgan fingerprint density at radius 1 is 1.20 bits per heavy atom. The Balaban J connectivity index is 1.49. The fourth-order valence-corrected chi connectivity index (χ4v) is 5.60. The van der Waals surface area contributed by atoms with Gasteiger partial charge in [-0.1, -0.05) is 17.4 Å². The van der Waals surface area contributed by atoms with Crippen LogP contribution in [0.25, 0.3) is 21.5 Å². The van der Waals surface area contributed by atoms with Gasteiger partial charge in [0.25, 0.3) is 0 Å². The second-order valence-electron chi connectivity index (χ2n) is 9.85. The number of rotatable bonds is 7. The minimum Gasteiger partial charge on any atom is -0.437 e. The van der Waals surface area contributed by atoms with Crippen molar-refractivity contribution in [1.82, 2.24) is 24.8 Å². The fraction of sp³-hybridized carbons (Fsp3) is 0.370. The molecule has 1 aliphatic rings. The monoisotopic (exact) mass is 571 g/mol. The summed E-state index contributed by atoms with van der Waals surface area (Å²) < 4.78 is 47.8. The van der Waals surface area contributed by atoms with Crippen LogP contribution < -0.4 is 15.0 Å². The molecule has 0 aliphatic carbocycles. The predicted molar refractivity (Wildman–Crippen MR) is 148 cm³/mol. The summed E-state index contributed by atoms with van der Waals surface area (Å²) in [6.07, 6.45) is -2.48. The summed E-state index contributed by atoms with van der Waals surface area (Å²) in [6.45, 7) is 7.19. The number of carbonyl (C=O) groups is 1. The number of likely N-dealkylation sites (tertiary alicyclic amines) is 1. The minimum absolute atomic E-state index is 0.00485. The molecule has 5 rings (SSSR count). The van der Waals surface area contributed by atoms with Crippen LogP contribution in [0.3, 0.4) is 0 Å². The molecule has 1 fully saturated rings. The van der Waals surface area contributed by atoms with Crippen molar-refractivity contribution in [3.8, 4) is 22.9 Å². The van der Waals surface area contributed by atoms with E-state index in [1.165, 1.54) is 30.7 Å². The van der Waals surface area contributed by atoms with Gasteiger partial charge in [0.05, 0.1) is 10.4 Å². The van der Waals surface area contributed by atoms with Gasteiger partial charge in [0, 0.05) is 50.8 Å². The van der Waals surface area contributed by atoms with Crippen molar-refractivity contribution in [2.45, 2.75) is 45.5 Å². The van der Waals surface area contributed by atoms with E-state index in [2.05, 4.69) is 44.0 Å². The van der Waals surface area contributed by atoms with Gasteiger partial charge in [0.1, 0.15) is 23.4 Å². The van der Waals surface area contributed by atoms with Gasteiger partial charge in [-0.25, -0.2) is 19.9 Å². The first-order chi connectivity index (χ1) is 19.0. The molecule has 1 amide bonds. The molecule has 0 spiro atoms. The van der Waals surface area contributed by atoms with Crippen LogP contribution in [0.4, 0.5) is 24.1 Å². The van der Waals surface area contributed by atoms with Crippen LogP contribution in [0.15, 0.2) is 42.7 Å². The van der Waals surface area contributed by atoms with Gasteiger partial charge in [0.2, 0.25) is 11.8 Å². The molecule has 1 N–H and O–H groups in total. The largest absolute Gasteiger partial charge is 0.437 e. The molecule has 40 heavy (non-hydrogen) atoms. The first-order valence-corrected chi connectivity index (χ1v) is 13.5. The second-order valence-corrected chi connectivity index (χ2v) is 10.9. The van der Waals surface area contributed by atoms with Crippen molar-refractivity contribution in [2.75, 3.05) is 30.4 Å². The van der Waals surface area contributed by atoms with Gasteiger partial charge in [-0.05, 0) is 44.5 Å². The number of halogens is 3. The van der Waals surface area contributed by atoms with E-state index in [9.17, 15) is 18.0 Å². The number of fused-ring (bicyclic) bond motifs is 1. The van der Waals surface area contributed by atoms with E-state index in [4.69, 9.17) is 4.74 Å². The normalized spacial score (nSPS) is 16.1. The first kappa shape index (κ1) is 27.7. The number of hydrogen-bond donors (Lipinski definition) is 1. The van der Waals surface area contributed by atoms with E-state index >= 15 is 0 Å². The Morgan fingerprint density at radius 3 is 2.70 bits per heavy atom. The summed E-state index contributed by atoms with van der Waals surface area (Å²) >= 11 is 1.31. The van der Waals surface area contributed by atoms with Gasteiger partial charge in [-0.15, -0.1) is 0 Å². The number of benzene rings is 1. The van der Waals surface area contributed by atoms with E-state index in [0.717, 1.165) is 30.3 Å². The van der Waals surface area contributed by atoms with Crippen LogP contribution in [0.2, 0.25) is 0 Å². The van der Waals surface area contributed by atoms with Gasteiger partial charge in [-0.2, -0.15) is 13.2 Å². The van der Waals surface area contributed by atoms with Gasteiger partial charge in [0.15, 0.2) is 10.9 Å². The lowest BCUT2D eigenvalue weighted by atomic mass is 10.1. The Morgan fingerprint density at radius 2 is 2.00 bits per heavy atom. The third-order valence-electron chi connectivity index (χ3n) is 6.77. The summed E-state index contributed by atoms with van der Waals surface area (Å²) in [4.78, 5) is 32.6. The zero-order chi connectivity index (χ0) is 28.6. The van der Waals surface area contributed by atoms with Gasteiger partial charge in [-0.3, -0.25) is 9.69 Å². The van der Waals surface area contributed by atoms with Crippen molar-refractivity contribution in [3.05, 3.63) is 48.4 Å². The molecule has 9 nitrogen and oxygen atoms in total. The summed E-state index contributed by atoms with van der Waals surface area (Å²) in [5.74, 6) is 0.559. The highest BCUT2D eigenvalue weighted by Gasteiger charge is 2.35. The van der Waals surface area contributed by atoms with E-state index in [0.29, 0.717) is 33.7 Å². The molecule has 4 heterocycles. The third kappa shape index (κ3) is 5.85. The lowest BCUT2D eigenvalue weighted by molar-refractivity contribution is -0.141.